The molecule has 2 fully saturated rings. The SMILES string of the molecule is C=C[C@@H]1C[C@@H](C(C)C)C[C@@]23C=CO[C@@H](C[C@@]12C)O3. The number of hydrogen-bond acceptors (Lipinski definition) is 2. The van der Waals surface area contributed by atoms with Crippen LogP contribution in [-0.2, 0) is 9.47 Å². The Morgan fingerprint density at radius 2 is 2.17 bits per heavy atom. The van der Waals surface area contributed by atoms with Crippen molar-refractivity contribution in [2.75, 3.05) is 0 Å². The van der Waals surface area contributed by atoms with Crippen LogP contribution >= 0.6 is 0 Å². The largest absolute Gasteiger partial charge is 0.473 e. The minimum atomic E-state index is -0.123. The van der Waals surface area contributed by atoms with Gasteiger partial charge in [-0.1, -0.05) is 26.8 Å². The molecule has 0 N–H and O–H groups in total. The zero-order valence-electron chi connectivity index (χ0n) is 11.7. The molecule has 2 bridgehead atoms. The van der Waals surface area contributed by atoms with E-state index in [4.69, 9.17) is 9.47 Å². The second kappa shape index (κ2) is 3.86. The molecule has 1 saturated carbocycles. The first-order valence-corrected chi connectivity index (χ1v) is 7.14. The van der Waals surface area contributed by atoms with Crippen LogP contribution in [0.2, 0.25) is 0 Å². The van der Waals surface area contributed by atoms with Crippen LogP contribution in [0.15, 0.2) is 25.0 Å². The molecule has 2 heterocycles. The van der Waals surface area contributed by atoms with Gasteiger partial charge in [-0.2, -0.15) is 0 Å². The molecule has 3 rings (SSSR count). The molecule has 2 heteroatoms. The van der Waals surface area contributed by atoms with E-state index in [-0.39, 0.29) is 17.3 Å². The monoisotopic (exact) mass is 248 g/mol. The lowest BCUT2D eigenvalue weighted by Crippen LogP contribution is -2.52. The summed E-state index contributed by atoms with van der Waals surface area (Å²) in [7, 11) is 0. The Bertz CT molecular complexity index is 387. The molecular weight excluding hydrogens is 224 g/mol. The van der Waals surface area contributed by atoms with E-state index in [1.807, 2.05) is 6.26 Å². The molecule has 0 aromatic rings. The minimum absolute atomic E-state index is 0.0478. The second-order valence-corrected chi connectivity index (χ2v) is 6.78. The van der Waals surface area contributed by atoms with E-state index in [2.05, 4.69) is 39.5 Å². The van der Waals surface area contributed by atoms with E-state index in [0.717, 1.165) is 12.8 Å². The average molecular weight is 248 g/mol. The van der Waals surface area contributed by atoms with Gasteiger partial charge in [-0.3, -0.25) is 0 Å². The molecule has 100 valence electrons. The van der Waals surface area contributed by atoms with Crippen molar-refractivity contribution in [3.8, 4) is 0 Å². The fourth-order valence-electron chi connectivity index (χ4n) is 4.21. The lowest BCUT2D eigenvalue weighted by molar-refractivity contribution is -0.173. The van der Waals surface area contributed by atoms with E-state index < -0.39 is 0 Å². The number of allylic oxidation sites excluding steroid dienone is 1. The zero-order chi connectivity index (χ0) is 13.0. The number of fused-ring (bicyclic) bond motifs is 1. The lowest BCUT2D eigenvalue weighted by Gasteiger charge is -2.52. The molecule has 1 saturated heterocycles. The van der Waals surface area contributed by atoms with Crippen LogP contribution in [0.5, 0.6) is 0 Å². The van der Waals surface area contributed by atoms with Crippen molar-refractivity contribution in [1.82, 2.24) is 0 Å². The first-order valence-electron chi connectivity index (χ1n) is 7.14. The molecule has 0 unspecified atom stereocenters. The number of ether oxygens (including phenoxy) is 2. The molecule has 5 atom stereocenters. The van der Waals surface area contributed by atoms with Gasteiger partial charge < -0.3 is 9.47 Å². The fraction of sp³-hybridized carbons (Fsp3) is 0.750. The van der Waals surface area contributed by atoms with Gasteiger partial charge >= 0.3 is 0 Å². The van der Waals surface area contributed by atoms with E-state index in [1.165, 1.54) is 6.42 Å². The lowest BCUT2D eigenvalue weighted by atomic mass is 9.54. The highest BCUT2D eigenvalue weighted by atomic mass is 16.7. The summed E-state index contributed by atoms with van der Waals surface area (Å²) < 4.78 is 11.8. The summed E-state index contributed by atoms with van der Waals surface area (Å²) in [6.45, 7) is 11.1. The van der Waals surface area contributed by atoms with E-state index in [0.29, 0.717) is 17.8 Å². The number of rotatable bonds is 2. The Labute approximate surface area is 110 Å². The second-order valence-electron chi connectivity index (χ2n) is 6.78. The van der Waals surface area contributed by atoms with Gasteiger partial charge in [-0.15, -0.1) is 6.58 Å². The molecule has 18 heavy (non-hydrogen) atoms. The maximum Gasteiger partial charge on any atom is 0.200 e. The minimum Gasteiger partial charge on any atom is -0.473 e. The summed E-state index contributed by atoms with van der Waals surface area (Å²) in [6.07, 6.45) is 9.48. The Balaban J connectivity index is 2.02. The highest BCUT2D eigenvalue weighted by Gasteiger charge is 2.63. The summed E-state index contributed by atoms with van der Waals surface area (Å²) in [4.78, 5) is 0. The van der Waals surface area contributed by atoms with Gasteiger partial charge in [-0.05, 0) is 36.7 Å². The first-order chi connectivity index (χ1) is 8.51. The van der Waals surface area contributed by atoms with Gasteiger partial charge in [0.05, 0.1) is 6.26 Å². The zero-order valence-corrected chi connectivity index (χ0v) is 11.7. The van der Waals surface area contributed by atoms with Crippen LogP contribution in [0, 0.1) is 23.2 Å². The Kier molecular flexibility index (Phi) is 2.64. The van der Waals surface area contributed by atoms with E-state index in [1.54, 1.807) is 0 Å². The smallest absolute Gasteiger partial charge is 0.200 e. The summed E-state index contributed by atoms with van der Waals surface area (Å²) in [5.74, 6) is 1.93. The average Bonchev–Trinajstić information content (AvgIpc) is 2.53. The van der Waals surface area contributed by atoms with Gasteiger partial charge in [0, 0.05) is 11.8 Å². The van der Waals surface area contributed by atoms with Crippen molar-refractivity contribution in [1.29, 1.82) is 0 Å². The van der Waals surface area contributed by atoms with Gasteiger partial charge in [-0.25, -0.2) is 0 Å². The third-order valence-corrected chi connectivity index (χ3v) is 5.63. The van der Waals surface area contributed by atoms with Crippen molar-refractivity contribution in [2.45, 2.75) is 51.9 Å². The van der Waals surface area contributed by atoms with Crippen molar-refractivity contribution >= 4 is 0 Å². The topological polar surface area (TPSA) is 18.5 Å². The predicted octanol–water partition coefficient (Wildman–Crippen LogP) is 3.89. The van der Waals surface area contributed by atoms with Gasteiger partial charge in [0.15, 0.2) is 0 Å². The molecule has 3 aliphatic rings. The molecule has 0 radical (unpaired) electrons. The third-order valence-electron chi connectivity index (χ3n) is 5.63. The van der Waals surface area contributed by atoms with Gasteiger partial charge in [0.1, 0.15) is 5.60 Å². The highest BCUT2D eigenvalue weighted by molar-refractivity contribution is 5.22. The number of hydrogen-bond donors (Lipinski definition) is 0. The van der Waals surface area contributed by atoms with Crippen molar-refractivity contribution in [2.24, 2.45) is 23.2 Å². The fourth-order valence-corrected chi connectivity index (χ4v) is 4.21. The van der Waals surface area contributed by atoms with Crippen molar-refractivity contribution in [3.05, 3.63) is 25.0 Å². The summed E-state index contributed by atoms with van der Waals surface area (Å²) in [5, 5.41) is 0. The van der Waals surface area contributed by atoms with Crippen LogP contribution in [0.3, 0.4) is 0 Å². The molecule has 0 aromatic heterocycles. The van der Waals surface area contributed by atoms with Crippen LogP contribution in [0.1, 0.15) is 40.0 Å². The van der Waals surface area contributed by atoms with Gasteiger partial charge in [0.25, 0.3) is 0 Å². The molecule has 2 nitrogen and oxygen atoms in total. The summed E-state index contributed by atoms with van der Waals surface area (Å²) in [6, 6.07) is 0. The normalized spacial score (nSPS) is 49.9. The molecular formula is C16H24O2. The van der Waals surface area contributed by atoms with Crippen LogP contribution < -0.4 is 0 Å². The van der Waals surface area contributed by atoms with E-state index in [9.17, 15) is 0 Å². The van der Waals surface area contributed by atoms with Crippen molar-refractivity contribution < 1.29 is 9.47 Å². The molecule has 1 spiro atoms. The van der Waals surface area contributed by atoms with Crippen molar-refractivity contribution in [3.63, 3.8) is 0 Å². The van der Waals surface area contributed by atoms with Crippen LogP contribution in [0.4, 0.5) is 0 Å². The predicted molar refractivity (Wildman–Crippen MR) is 71.8 cm³/mol. The molecule has 0 amide bonds. The Hall–Kier alpha value is -0.760. The summed E-state index contributed by atoms with van der Waals surface area (Å²) in [5.41, 5.74) is 0.0275. The van der Waals surface area contributed by atoms with Gasteiger partial charge in [0.2, 0.25) is 6.29 Å². The maximum absolute atomic E-state index is 6.25. The highest BCUT2D eigenvalue weighted by Crippen LogP contribution is 2.62. The Morgan fingerprint density at radius 3 is 2.83 bits per heavy atom. The molecule has 1 aliphatic carbocycles. The first kappa shape index (κ1) is 12.3. The van der Waals surface area contributed by atoms with Crippen LogP contribution in [-0.4, -0.2) is 11.9 Å². The quantitative estimate of drug-likeness (QED) is 0.690. The standard InChI is InChI=1S/C16H24O2/c1-5-13-8-12(11(2)3)9-16-6-7-17-14(18-16)10-15(13,16)4/h5-7,11-14H,1,8-10H2,2-4H3/t12-,13-,14-,15+,16+/m1/s1. The Morgan fingerprint density at radius 1 is 1.39 bits per heavy atom. The van der Waals surface area contributed by atoms with Crippen LogP contribution in [0.25, 0.3) is 0 Å². The summed E-state index contributed by atoms with van der Waals surface area (Å²) >= 11 is 0. The molecule has 2 aliphatic heterocycles. The molecule has 0 aromatic carbocycles. The third kappa shape index (κ3) is 1.45. The van der Waals surface area contributed by atoms with E-state index >= 15 is 0 Å². The maximum atomic E-state index is 6.25.